The van der Waals surface area contributed by atoms with E-state index in [2.05, 4.69) is 39.6 Å². The third-order valence-corrected chi connectivity index (χ3v) is 4.70. The van der Waals surface area contributed by atoms with Crippen LogP contribution in [0, 0.1) is 0 Å². The smallest absolute Gasteiger partial charge is 0.225 e. The normalized spacial score (nSPS) is 14.9. The maximum absolute atomic E-state index is 5.41. The van der Waals surface area contributed by atoms with Crippen molar-refractivity contribution < 1.29 is 4.74 Å². The number of anilines is 2. The molecule has 0 unspecified atom stereocenters. The average molecular weight is 370 g/mol. The summed E-state index contributed by atoms with van der Waals surface area (Å²) in [6, 6.07) is 12.3. The number of hydrogen-bond donors (Lipinski definition) is 2. The maximum Gasteiger partial charge on any atom is 0.225 e. The van der Waals surface area contributed by atoms with Crippen LogP contribution >= 0.6 is 0 Å². The van der Waals surface area contributed by atoms with Crippen molar-refractivity contribution in [2.45, 2.75) is 26.2 Å². The summed E-state index contributed by atoms with van der Waals surface area (Å²) in [4.78, 5) is 11.8. The SMILES string of the molecule is CCCCCNc1nc(NCCN2CCOCC2)cc(-c2ccccc2)n1. The number of unbranched alkanes of at least 4 members (excludes halogenated alkanes) is 2. The zero-order chi connectivity index (χ0) is 18.7. The highest BCUT2D eigenvalue weighted by molar-refractivity contribution is 5.64. The molecule has 27 heavy (non-hydrogen) atoms. The van der Waals surface area contributed by atoms with Crippen LogP contribution in [0.1, 0.15) is 26.2 Å². The fourth-order valence-corrected chi connectivity index (χ4v) is 3.12. The minimum Gasteiger partial charge on any atom is -0.379 e. The Morgan fingerprint density at radius 3 is 2.59 bits per heavy atom. The summed E-state index contributed by atoms with van der Waals surface area (Å²) in [5, 5.41) is 6.85. The number of morpholine rings is 1. The fraction of sp³-hybridized carbons (Fsp3) is 0.524. The lowest BCUT2D eigenvalue weighted by molar-refractivity contribution is 0.0398. The zero-order valence-electron chi connectivity index (χ0n) is 16.3. The lowest BCUT2D eigenvalue weighted by atomic mass is 10.1. The van der Waals surface area contributed by atoms with Crippen LogP contribution < -0.4 is 10.6 Å². The van der Waals surface area contributed by atoms with Gasteiger partial charge in [-0.3, -0.25) is 4.90 Å². The average Bonchev–Trinajstić information content (AvgIpc) is 2.73. The number of hydrogen-bond acceptors (Lipinski definition) is 6. The van der Waals surface area contributed by atoms with Crippen LogP contribution in [-0.4, -0.2) is 60.8 Å². The second-order valence-corrected chi connectivity index (χ2v) is 6.84. The first-order valence-electron chi connectivity index (χ1n) is 10.1. The Balaban J connectivity index is 1.65. The van der Waals surface area contributed by atoms with Crippen molar-refractivity contribution in [1.29, 1.82) is 0 Å². The molecule has 2 N–H and O–H groups in total. The first-order chi connectivity index (χ1) is 13.3. The molecule has 6 nitrogen and oxygen atoms in total. The predicted octanol–water partition coefficient (Wildman–Crippen LogP) is 3.49. The van der Waals surface area contributed by atoms with Gasteiger partial charge in [-0.2, -0.15) is 4.98 Å². The molecule has 0 aliphatic carbocycles. The Labute approximate surface area is 162 Å². The maximum atomic E-state index is 5.41. The van der Waals surface area contributed by atoms with Gasteiger partial charge in [0.1, 0.15) is 5.82 Å². The quantitative estimate of drug-likeness (QED) is 0.625. The molecule has 0 amide bonds. The summed E-state index contributed by atoms with van der Waals surface area (Å²) in [6.07, 6.45) is 3.56. The van der Waals surface area contributed by atoms with E-state index in [-0.39, 0.29) is 0 Å². The highest BCUT2D eigenvalue weighted by Gasteiger charge is 2.10. The molecule has 3 rings (SSSR count). The predicted molar refractivity (Wildman–Crippen MR) is 111 cm³/mol. The van der Waals surface area contributed by atoms with Crippen molar-refractivity contribution in [1.82, 2.24) is 14.9 Å². The Hall–Kier alpha value is -2.18. The molecule has 1 fully saturated rings. The van der Waals surface area contributed by atoms with Crippen molar-refractivity contribution in [2.75, 3.05) is 56.6 Å². The van der Waals surface area contributed by atoms with Gasteiger partial charge in [0.05, 0.1) is 18.9 Å². The third-order valence-electron chi connectivity index (χ3n) is 4.70. The van der Waals surface area contributed by atoms with Gasteiger partial charge in [0.2, 0.25) is 5.95 Å². The van der Waals surface area contributed by atoms with Crippen molar-refractivity contribution >= 4 is 11.8 Å². The minimum absolute atomic E-state index is 0.696. The second kappa shape index (κ2) is 10.8. The van der Waals surface area contributed by atoms with Gasteiger partial charge < -0.3 is 15.4 Å². The van der Waals surface area contributed by atoms with E-state index in [9.17, 15) is 0 Å². The van der Waals surface area contributed by atoms with Crippen molar-refractivity contribution in [3.63, 3.8) is 0 Å². The molecule has 0 saturated carbocycles. The topological polar surface area (TPSA) is 62.3 Å². The van der Waals surface area contributed by atoms with Crippen LogP contribution in [0.5, 0.6) is 0 Å². The molecule has 0 atom stereocenters. The Kier molecular flexibility index (Phi) is 7.86. The number of nitrogens with one attached hydrogen (secondary N) is 2. The van der Waals surface area contributed by atoms with Gasteiger partial charge in [0.15, 0.2) is 0 Å². The highest BCUT2D eigenvalue weighted by atomic mass is 16.5. The van der Waals surface area contributed by atoms with Crippen LogP contribution in [0.25, 0.3) is 11.3 Å². The molecule has 6 heteroatoms. The molecule has 146 valence electrons. The number of benzene rings is 1. The van der Waals surface area contributed by atoms with Gasteiger partial charge in [-0.25, -0.2) is 4.98 Å². The summed E-state index contributed by atoms with van der Waals surface area (Å²) in [7, 11) is 0. The molecule has 2 heterocycles. The third kappa shape index (κ3) is 6.48. The van der Waals surface area contributed by atoms with Crippen molar-refractivity contribution in [3.8, 4) is 11.3 Å². The molecule has 1 saturated heterocycles. The molecule has 0 bridgehead atoms. The van der Waals surface area contributed by atoms with Crippen molar-refractivity contribution in [3.05, 3.63) is 36.4 Å². The van der Waals surface area contributed by atoms with E-state index in [1.807, 2.05) is 24.3 Å². The molecule has 0 spiro atoms. The first-order valence-corrected chi connectivity index (χ1v) is 10.1. The van der Waals surface area contributed by atoms with E-state index < -0.39 is 0 Å². The number of aromatic nitrogens is 2. The van der Waals surface area contributed by atoms with Crippen LogP contribution in [0.15, 0.2) is 36.4 Å². The lowest BCUT2D eigenvalue weighted by Gasteiger charge is -2.26. The molecule has 2 aromatic rings. The molecule has 1 aliphatic heterocycles. The molecule has 1 aliphatic rings. The summed E-state index contributed by atoms with van der Waals surface area (Å²) in [6.45, 7) is 8.64. The van der Waals surface area contributed by atoms with Crippen LogP contribution in [0.2, 0.25) is 0 Å². The summed E-state index contributed by atoms with van der Waals surface area (Å²) >= 11 is 0. The van der Waals surface area contributed by atoms with Gasteiger partial charge in [-0.15, -0.1) is 0 Å². The van der Waals surface area contributed by atoms with Gasteiger partial charge in [-0.1, -0.05) is 50.1 Å². The van der Waals surface area contributed by atoms with E-state index in [1.54, 1.807) is 0 Å². The minimum atomic E-state index is 0.696. The highest BCUT2D eigenvalue weighted by Crippen LogP contribution is 2.21. The van der Waals surface area contributed by atoms with Crippen molar-refractivity contribution in [2.24, 2.45) is 0 Å². The van der Waals surface area contributed by atoms with E-state index >= 15 is 0 Å². The van der Waals surface area contributed by atoms with E-state index in [1.165, 1.54) is 12.8 Å². The van der Waals surface area contributed by atoms with E-state index in [4.69, 9.17) is 9.72 Å². The van der Waals surface area contributed by atoms with Gasteiger partial charge in [-0.05, 0) is 6.42 Å². The molecule has 1 aromatic carbocycles. The summed E-state index contributed by atoms with van der Waals surface area (Å²) in [5.74, 6) is 1.57. The van der Waals surface area contributed by atoms with Crippen LogP contribution in [0.4, 0.5) is 11.8 Å². The molecule has 0 radical (unpaired) electrons. The fourth-order valence-electron chi connectivity index (χ4n) is 3.12. The van der Waals surface area contributed by atoms with Gasteiger partial charge in [0.25, 0.3) is 0 Å². The summed E-state index contributed by atoms with van der Waals surface area (Å²) < 4.78 is 5.41. The Bertz CT molecular complexity index is 674. The second-order valence-electron chi connectivity index (χ2n) is 6.84. The molecular formula is C21H31N5O. The molecule has 1 aromatic heterocycles. The first kappa shape index (κ1) is 19.6. The number of ether oxygens (including phenoxy) is 1. The molecular weight excluding hydrogens is 338 g/mol. The number of nitrogens with zero attached hydrogens (tertiary/aromatic N) is 3. The Morgan fingerprint density at radius 2 is 1.81 bits per heavy atom. The summed E-state index contributed by atoms with van der Waals surface area (Å²) in [5.41, 5.74) is 2.05. The Morgan fingerprint density at radius 1 is 1.00 bits per heavy atom. The van der Waals surface area contributed by atoms with Gasteiger partial charge in [0, 0.05) is 44.4 Å². The van der Waals surface area contributed by atoms with E-state index in [0.717, 1.165) is 69.4 Å². The van der Waals surface area contributed by atoms with E-state index in [0.29, 0.717) is 5.95 Å². The monoisotopic (exact) mass is 369 g/mol. The van der Waals surface area contributed by atoms with Crippen LogP contribution in [-0.2, 0) is 4.74 Å². The standard InChI is InChI=1S/C21H31N5O/c1-2-3-7-10-23-21-24-19(18-8-5-4-6-9-18)17-20(25-21)22-11-12-26-13-15-27-16-14-26/h4-6,8-9,17H,2-3,7,10-16H2,1H3,(H2,22,23,24,25). The number of rotatable bonds is 10. The largest absolute Gasteiger partial charge is 0.379 e. The van der Waals surface area contributed by atoms with Crippen LogP contribution in [0.3, 0.4) is 0 Å². The zero-order valence-corrected chi connectivity index (χ0v) is 16.3. The van der Waals surface area contributed by atoms with Gasteiger partial charge >= 0.3 is 0 Å². The lowest BCUT2D eigenvalue weighted by Crippen LogP contribution is -2.39.